The zero-order valence-electron chi connectivity index (χ0n) is 14.2. The number of carboxylic acid groups (broad SMARTS) is 1. The highest BCUT2D eigenvalue weighted by atomic mass is 16.4. The number of anilines is 2. The van der Waals surface area contributed by atoms with Gasteiger partial charge in [0, 0.05) is 17.3 Å². The Morgan fingerprint density at radius 3 is 2.24 bits per heavy atom. The lowest BCUT2D eigenvalue weighted by Crippen LogP contribution is -2.36. The summed E-state index contributed by atoms with van der Waals surface area (Å²) >= 11 is 0. The Balaban J connectivity index is 1.72. The second kappa shape index (κ2) is 6.70. The Hall–Kier alpha value is -2.63. The van der Waals surface area contributed by atoms with E-state index < -0.39 is 17.8 Å². The molecule has 1 fully saturated rings. The number of amides is 2. The van der Waals surface area contributed by atoms with Crippen LogP contribution in [0.15, 0.2) is 36.4 Å². The van der Waals surface area contributed by atoms with Crippen LogP contribution < -0.4 is 10.6 Å². The highest BCUT2D eigenvalue weighted by Crippen LogP contribution is 2.48. The molecular formula is C19H22N2O4. The van der Waals surface area contributed by atoms with E-state index in [4.69, 9.17) is 0 Å². The molecule has 2 aliphatic carbocycles. The summed E-state index contributed by atoms with van der Waals surface area (Å²) in [4.78, 5) is 36.0. The van der Waals surface area contributed by atoms with Crippen molar-refractivity contribution in [2.24, 2.45) is 29.6 Å². The standard InChI is InChI=1S/C19H22N2O4/c1-10(2)17(22)20-13-4-3-5-14(9-13)21-18(23)15-11-6-7-12(8-11)16(15)19(24)25/h3-7,9-12,15-16H,8H2,1-2H3,(H,20,22)(H,21,23)(H,24,25)/t11-,12-,15-,16-/m0/s1. The lowest BCUT2D eigenvalue weighted by atomic mass is 9.82. The molecule has 1 saturated carbocycles. The molecule has 0 spiro atoms. The van der Waals surface area contributed by atoms with Crippen LogP contribution in [-0.4, -0.2) is 22.9 Å². The summed E-state index contributed by atoms with van der Waals surface area (Å²) in [7, 11) is 0. The average Bonchev–Trinajstić information content (AvgIpc) is 3.15. The number of hydrogen-bond donors (Lipinski definition) is 3. The molecule has 132 valence electrons. The first-order chi connectivity index (χ1) is 11.9. The number of benzene rings is 1. The van der Waals surface area contributed by atoms with Crippen LogP contribution in [-0.2, 0) is 14.4 Å². The van der Waals surface area contributed by atoms with Gasteiger partial charge in [0.25, 0.3) is 0 Å². The second-order valence-corrected chi connectivity index (χ2v) is 7.05. The van der Waals surface area contributed by atoms with Crippen LogP contribution >= 0.6 is 0 Å². The number of carbonyl (C=O) groups is 3. The van der Waals surface area contributed by atoms with Crippen LogP contribution in [0.25, 0.3) is 0 Å². The minimum atomic E-state index is -0.921. The lowest BCUT2D eigenvalue weighted by Gasteiger charge is -2.24. The minimum absolute atomic E-state index is 0.0186. The van der Waals surface area contributed by atoms with Crippen LogP contribution in [0.3, 0.4) is 0 Å². The summed E-state index contributed by atoms with van der Waals surface area (Å²) in [6.45, 7) is 3.60. The molecule has 3 rings (SSSR count). The van der Waals surface area contributed by atoms with Gasteiger partial charge in [0.05, 0.1) is 11.8 Å². The molecule has 0 heterocycles. The fraction of sp³-hybridized carbons (Fsp3) is 0.421. The molecule has 2 bridgehead atoms. The minimum Gasteiger partial charge on any atom is -0.481 e. The van der Waals surface area contributed by atoms with E-state index in [0.29, 0.717) is 11.4 Å². The third-order valence-corrected chi connectivity index (χ3v) is 4.97. The molecule has 0 aliphatic heterocycles. The first kappa shape index (κ1) is 17.2. The van der Waals surface area contributed by atoms with E-state index >= 15 is 0 Å². The largest absolute Gasteiger partial charge is 0.481 e. The Kier molecular flexibility index (Phi) is 4.61. The van der Waals surface area contributed by atoms with E-state index in [1.807, 2.05) is 12.2 Å². The first-order valence-electron chi connectivity index (χ1n) is 8.49. The van der Waals surface area contributed by atoms with Crippen molar-refractivity contribution in [2.75, 3.05) is 10.6 Å². The maximum atomic E-state index is 12.7. The maximum Gasteiger partial charge on any atom is 0.307 e. The van der Waals surface area contributed by atoms with Gasteiger partial charge in [-0.25, -0.2) is 0 Å². The van der Waals surface area contributed by atoms with Gasteiger partial charge in [0.15, 0.2) is 0 Å². The maximum absolute atomic E-state index is 12.7. The number of carbonyl (C=O) groups excluding carboxylic acids is 2. The number of allylic oxidation sites excluding steroid dienone is 2. The number of hydrogen-bond acceptors (Lipinski definition) is 3. The number of rotatable bonds is 5. The van der Waals surface area contributed by atoms with Gasteiger partial charge in [-0.3, -0.25) is 14.4 Å². The summed E-state index contributed by atoms with van der Waals surface area (Å²) in [5.41, 5.74) is 1.14. The average molecular weight is 342 g/mol. The van der Waals surface area contributed by atoms with E-state index in [0.717, 1.165) is 6.42 Å². The van der Waals surface area contributed by atoms with Gasteiger partial charge in [-0.15, -0.1) is 0 Å². The van der Waals surface area contributed by atoms with Crippen LogP contribution in [0, 0.1) is 29.6 Å². The van der Waals surface area contributed by atoms with Crippen molar-refractivity contribution >= 4 is 29.2 Å². The summed E-state index contributed by atoms with van der Waals surface area (Å²) < 4.78 is 0. The molecule has 1 aromatic rings. The van der Waals surface area contributed by atoms with Crippen LogP contribution in [0.1, 0.15) is 20.3 Å². The molecule has 2 aliphatic rings. The molecule has 6 heteroatoms. The molecule has 25 heavy (non-hydrogen) atoms. The third kappa shape index (κ3) is 3.43. The number of fused-ring (bicyclic) bond motifs is 2. The number of nitrogens with one attached hydrogen (secondary N) is 2. The highest BCUT2D eigenvalue weighted by molar-refractivity contribution is 5.97. The van der Waals surface area contributed by atoms with E-state index in [2.05, 4.69) is 10.6 Å². The van der Waals surface area contributed by atoms with Gasteiger partial charge in [-0.1, -0.05) is 32.1 Å². The zero-order chi connectivity index (χ0) is 18.1. The predicted octanol–water partition coefficient (Wildman–Crippen LogP) is 2.74. The molecule has 0 unspecified atom stereocenters. The zero-order valence-corrected chi connectivity index (χ0v) is 14.2. The van der Waals surface area contributed by atoms with Gasteiger partial charge in [0.1, 0.15) is 0 Å². The van der Waals surface area contributed by atoms with Gasteiger partial charge in [-0.05, 0) is 36.5 Å². The summed E-state index contributed by atoms with van der Waals surface area (Å²) in [5, 5.41) is 15.0. The van der Waals surface area contributed by atoms with Gasteiger partial charge in [-0.2, -0.15) is 0 Å². The van der Waals surface area contributed by atoms with Crippen LogP contribution in [0.2, 0.25) is 0 Å². The number of carboxylic acids is 1. The van der Waals surface area contributed by atoms with E-state index in [1.165, 1.54) is 0 Å². The molecule has 2 amide bonds. The summed E-state index contributed by atoms with van der Waals surface area (Å²) in [6.07, 6.45) is 4.59. The Morgan fingerprint density at radius 2 is 1.64 bits per heavy atom. The number of aliphatic carboxylic acids is 1. The quantitative estimate of drug-likeness (QED) is 0.717. The molecule has 1 aromatic carbocycles. The molecular weight excluding hydrogens is 320 g/mol. The third-order valence-electron chi connectivity index (χ3n) is 4.97. The Morgan fingerprint density at radius 1 is 1.04 bits per heavy atom. The van der Waals surface area contributed by atoms with Gasteiger partial charge >= 0.3 is 5.97 Å². The van der Waals surface area contributed by atoms with Crippen molar-refractivity contribution < 1.29 is 19.5 Å². The smallest absolute Gasteiger partial charge is 0.307 e. The van der Waals surface area contributed by atoms with E-state index in [9.17, 15) is 19.5 Å². The van der Waals surface area contributed by atoms with Crippen molar-refractivity contribution in [3.8, 4) is 0 Å². The predicted molar refractivity (Wildman–Crippen MR) is 93.9 cm³/mol. The molecule has 0 aromatic heterocycles. The fourth-order valence-corrected chi connectivity index (χ4v) is 3.70. The normalized spacial score (nSPS) is 26.7. The SMILES string of the molecule is CC(C)C(=O)Nc1cccc(NC(=O)[C@@H]2[C@@H](C(=O)O)[C@H]3C=C[C@H]2C3)c1. The van der Waals surface area contributed by atoms with Crippen LogP contribution in [0.4, 0.5) is 11.4 Å². The van der Waals surface area contributed by atoms with E-state index in [-0.39, 0.29) is 29.6 Å². The topological polar surface area (TPSA) is 95.5 Å². The fourth-order valence-electron chi connectivity index (χ4n) is 3.70. The summed E-state index contributed by atoms with van der Waals surface area (Å²) in [6, 6.07) is 6.88. The van der Waals surface area contributed by atoms with Crippen molar-refractivity contribution in [1.82, 2.24) is 0 Å². The monoisotopic (exact) mass is 342 g/mol. The van der Waals surface area contributed by atoms with E-state index in [1.54, 1.807) is 38.1 Å². The molecule has 4 atom stereocenters. The second-order valence-electron chi connectivity index (χ2n) is 7.05. The molecule has 0 saturated heterocycles. The van der Waals surface area contributed by atoms with Crippen molar-refractivity contribution in [2.45, 2.75) is 20.3 Å². The Labute approximate surface area is 146 Å². The molecule has 3 N–H and O–H groups in total. The Bertz CT molecular complexity index is 741. The lowest BCUT2D eigenvalue weighted by molar-refractivity contribution is -0.146. The van der Waals surface area contributed by atoms with Crippen LogP contribution in [0.5, 0.6) is 0 Å². The van der Waals surface area contributed by atoms with Gasteiger partial charge in [0.2, 0.25) is 11.8 Å². The summed E-state index contributed by atoms with van der Waals surface area (Å²) in [5.74, 6) is -2.75. The van der Waals surface area contributed by atoms with Crippen molar-refractivity contribution in [3.63, 3.8) is 0 Å². The first-order valence-corrected chi connectivity index (χ1v) is 8.49. The molecule has 6 nitrogen and oxygen atoms in total. The van der Waals surface area contributed by atoms with Crippen molar-refractivity contribution in [1.29, 1.82) is 0 Å². The highest BCUT2D eigenvalue weighted by Gasteiger charge is 2.51. The van der Waals surface area contributed by atoms with Gasteiger partial charge < -0.3 is 15.7 Å². The van der Waals surface area contributed by atoms with Crippen molar-refractivity contribution in [3.05, 3.63) is 36.4 Å². The molecule has 0 radical (unpaired) electrons.